The van der Waals surface area contributed by atoms with Gasteiger partial charge in [-0.05, 0) is 30.2 Å². The summed E-state index contributed by atoms with van der Waals surface area (Å²) < 4.78 is 5.31. The number of benzene rings is 2. The Hall–Kier alpha value is -1.82. The van der Waals surface area contributed by atoms with Crippen LogP contribution < -0.4 is 10.1 Å². The number of phenols is 2. The van der Waals surface area contributed by atoms with Crippen LogP contribution in [0.2, 0.25) is 15.1 Å². The molecule has 0 aliphatic rings. The van der Waals surface area contributed by atoms with Crippen LogP contribution in [0.4, 0.5) is 0 Å². The highest BCUT2D eigenvalue weighted by Crippen LogP contribution is 2.33. The zero-order valence-corrected chi connectivity index (χ0v) is 14.6. The lowest BCUT2D eigenvalue weighted by molar-refractivity contribution is -0.123. The normalized spacial score (nSPS) is 10.5. The number of phenolic OH excluding ortho intramolecular Hbond substituents is 2. The Morgan fingerprint density at radius 3 is 2.42 bits per heavy atom. The van der Waals surface area contributed by atoms with Crippen molar-refractivity contribution in [3.05, 3.63) is 51.0 Å². The minimum atomic E-state index is -0.333. The van der Waals surface area contributed by atoms with E-state index in [1.807, 2.05) is 0 Å². The minimum Gasteiger partial charge on any atom is -0.504 e. The van der Waals surface area contributed by atoms with Crippen molar-refractivity contribution in [2.24, 2.45) is 0 Å². The van der Waals surface area contributed by atoms with Crippen molar-refractivity contribution in [2.75, 3.05) is 13.2 Å². The summed E-state index contributed by atoms with van der Waals surface area (Å²) in [5, 5.41) is 22.1. The van der Waals surface area contributed by atoms with Crippen molar-refractivity contribution in [3.63, 3.8) is 0 Å². The average molecular weight is 391 g/mol. The van der Waals surface area contributed by atoms with Crippen molar-refractivity contribution < 1.29 is 19.7 Å². The minimum absolute atomic E-state index is 0.185. The van der Waals surface area contributed by atoms with Gasteiger partial charge in [0.15, 0.2) is 18.1 Å². The van der Waals surface area contributed by atoms with Gasteiger partial charge >= 0.3 is 0 Å². The first-order chi connectivity index (χ1) is 11.4. The second-order valence-electron chi connectivity index (χ2n) is 4.91. The summed E-state index contributed by atoms with van der Waals surface area (Å²) in [7, 11) is 0. The Morgan fingerprint density at radius 1 is 1.00 bits per heavy atom. The van der Waals surface area contributed by atoms with E-state index in [4.69, 9.17) is 39.5 Å². The fourth-order valence-electron chi connectivity index (χ4n) is 1.88. The van der Waals surface area contributed by atoms with Gasteiger partial charge in [0.05, 0.1) is 15.1 Å². The van der Waals surface area contributed by atoms with E-state index in [-0.39, 0.29) is 39.8 Å². The predicted molar refractivity (Wildman–Crippen MR) is 93.5 cm³/mol. The molecule has 0 saturated carbocycles. The zero-order chi connectivity index (χ0) is 17.7. The topological polar surface area (TPSA) is 78.8 Å². The number of nitrogens with one attached hydrogen (secondary N) is 1. The summed E-state index contributed by atoms with van der Waals surface area (Å²) in [5.41, 5.74) is 0.777. The van der Waals surface area contributed by atoms with Gasteiger partial charge in [0.2, 0.25) is 0 Å². The molecule has 0 aromatic heterocycles. The molecule has 2 aromatic carbocycles. The lowest BCUT2D eigenvalue weighted by atomic mass is 10.1. The van der Waals surface area contributed by atoms with E-state index in [1.165, 1.54) is 24.3 Å². The molecule has 0 spiro atoms. The number of ether oxygens (including phenoxy) is 1. The van der Waals surface area contributed by atoms with Gasteiger partial charge < -0.3 is 20.3 Å². The number of carbonyl (C=O) groups excluding carboxylic acids is 1. The molecule has 0 atom stereocenters. The SMILES string of the molecule is O=C(COc1cc(Cl)c(Cl)cc1Cl)NCCc1ccc(O)c(O)c1. The molecule has 1 amide bonds. The Kier molecular flexibility index (Phi) is 6.43. The smallest absolute Gasteiger partial charge is 0.257 e. The highest BCUT2D eigenvalue weighted by Gasteiger charge is 2.09. The van der Waals surface area contributed by atoms with Gasteiger partial charge in [-0.3, -0.25) is 4.79 Å². The fraction of sp³-hybridized carbons (Fsp3) is 0.188. The standard InChI is InChI=1S/C16H14Cl3NO4/c17-10-6-12(19)15(7-11(10)18)24-8-16(23)20-4-3-9-1-2-13(21)14(22)5-9/h1-2,5-7,21-22H,3-4,8H2,(H,20,23). The van der Waals surface area contributed by atoms with E-state index in [2.05, 4.69) is 5.32 Å². The van der Waals surface area contributed by atoms with E-state index in [1.54, 1.807) is 6.07 Å². The molecule has 128 valence electrons. The summed E-state index contributed by atoms with van der Waals surface area (Å²) in [5.74, 6) is -0.448. The van der Waals surface area contributed by atoms with Gasteiger partial charge in [-0.1, -0.05) is 40.9 Å². The number of carbonyl (C=O) groups is 1. The third-order valence-electron chi connectivity index (χ3n) is 3.11. The van der Waals surface area contributed by atoms with E-state index in [0.717, 1.165) is 5.56 Å². The van der Waals surface area contributed by atoms with E-state index in [0.29, 0.717) is 18.0 Å². The maximum atomic E-state index is 11.8. The number of rotatable bonds is 6. The van der Waals surface area contributed by atoms with Crippen LogP contribution in [0.3, 0.4) is 0 Å². The van der Waals surface area contributed by atoms with Crippen molar-refractivity contribution in [2.45, 2.75) is 6.42 Å². The molecule has 0 saturated heterocycles. The zero-order valence-electron chi connectivity index (χ0n) is 12.4. The number of halogens is 3. The largest absolute Gasteiger partial charge is 0.504 e. The summed E-state index contributed by atoms with van der Waals surface area (Å²) in [6.07, 6.45) is 0.493. The van der Waals surface area contributed by atoms with E-state index in [9.17, 15) is 15.0 Å². The highest BCUT2D eigenvalue weighted by atomic mass is 35.5. The van der Waals surface area contributed by atoms with Gasteiger partial charge in [-0.2, -0.15) is 0 Å². The van der Waals surface area contributed by atoms with Crippen molar-refractivity contribution in [3.8, 4) is 17.2 Å². The maximum Gasteiger partial charge on any atom is 0.257 e. The quantitative estimate of drug-likeness (QED) is 0.518. The van der Waals surface area contributed by atoms with Crippen LogP contribution in [-0.2, 0) is 11.2 Å². The molecule has 8 heteroatoms. The molecule has 24 heavy (non-hydrogen) atoms. The second-order valence-corrected chi connectivity index (χ2v) is 6.13. The Morgan fingerprint density at radius 2 is 1.71 bits per heavy atom. The molecule has 5 nitrogen and oxygen atoms in total. The van der Waals surface area contributed by atoms with Crippen LogP contribution >= 0.6 is 34.8 Å². The number of hydrogen-bond donors (Lipinski definition) is 3. The van der Waals surface area contributed by atoms with Gasteiger partial charge in [0.25, 0.3) is 5.91 Å². The Balaban J connectivity index is 1.79. The number of amides is 1. The lowest BCUT2D eigenvalue weighted by Gasteiger charge is -2.10. The third-order valence-corrected chi connectivity index (χ3v) is 4.13. The van der Waals surface area contributed by atoms with Crippen LogP contribution in [0.15, 0.2) is 30.3 Å². The van der Waals surface area contributed by atoms with E-state index < -0.39 is 0 Å². The third kappa shape index (κ3) is 5.09. The first kappa shape index (κ1) is 18.5. The van der Waals surface area contributed by atoms with Gasteiger partial charge in [-0.25, -0.2) is 0 Å². The fourth-order valence-corrected chi connectivity index (χ4v) is 2.47. The molecule has 3 N–H and O–H groups in total. The summed E-state index contributed by atoms with van der Waals surface area (Å²) in [6, 6.07) is 7.37. The molecule has 2 rings (SSSR count). The first-order valence-electron chi connectivity index (χ1n) is 6.91. The summed E-state index contributed by atoms with van der Waals surface area (Å²) >= 11 is 17.6. The monoisotopic (exact) mass is 389 g/mol. The van der Waals surface area contributed by atoms with Crippen LogP contribution in [0, 0.1) is 0 Å². The van der Waals surface area contributed by atoms with Crippen LogP contribution in [0.5, 0.6) is 17.2 Å². The predicted octanol–water partition coefficient (Wildman–Crippen LogP) is 3.80. The van der Waals surface area contributed by atoms with Crippen LogP contribution in [0.1, 0.15) is 5.56 Å². The molecule has 0 bridgehead atoms. The number of hydrogen-bond acceptors (Lipinski definition) is 4. The second kappa shape index (κ2) is 8.33. The lowest BCUT2D eigenvalue weighted by Crippen LogP contribution is -2.30. The first-order valence-corrected chi connectivity index (χ1v) is 8.05. The van der Waals surface area contributed by atoms with Crippen molar-refractivity contribution >= 4 is 40.7 Å². The van der Waals surface area contributed by atoms with Crippen LogP contribution in [0.25, 0.3) is 0 Å². The molecule has 0 fully saturated rings. The highest BCUT2D eigenvalue weighted by molar-refractivity contribution is 6.43. The van der Waals surface area contributed by atoms with E-state index >= 15 is 0 Å². The van der Waals surface area contributed by atoms with Crippen LogP contribution in [-0.4, -0.2) is 29.3 Å². The average Bonchev–Trinajstić information content (AvgIpc) is 2.53. The van der Waals surface area contributed by atoms with Crippen molar-refractivity contribution in [1.82, 2.24) is 5.32 Å². The summed E-state index contributed by atoms with van der Waals surface area (Å²) in [4.78, 5) is 11.8. The Labute approximate surface area is 153 Å². The van der Waals surface area contributed by atoms with Gasteiger partial charge in [-0.15, -0.1) is 0 Å². The molecule has 0 unspecified atom stereocenters. The molecule has 0 aliphatic heterocycles. The molecule has 0 aliphatic carbocycles. The summed E-state index contributed by atoms with van der Waals surface area (Å²) in [6.45, 7) is 0.125. The number of aromatic hydroxyl groups is 2. The van der Waals surface area contributed by atoms with Gasteiger partial charge in [0, 0.05) is 12.6 Å². The molecular weight excluding hydrogens is 377 g/mol. The molecule has 2 aromatic rings. The molecular formula is C16H14Cl3NO4. The molecule has 0 radical (unpaired) electrons. The Bertz CT molecular complexity index is 752. The molecule has 0 heterocycles. The van der Waals surface area contributed by atoms with Gasteiger partial charge in [0.1, 0.15) is 5.75 Å². The van der Waals surface area contributed by atoms with Crippen molar-refractivity contribution in [1.29, 1.82) is 0 Å². The maximum absolute atomic E-state index is 11.8.